The molecule has 2 N–H and O–H groups in total. The van der Waals surface area contributed by atoms with Gasteiger partial charge in [-0.3, -0.25) is 19.6 Å². The van der Waals surface area contributed by atoms with Gasteiger partial charge in [0.15, 0.2) is 0 Å². The molecule has 3 heterocycles. The first kappa shape index (κ1) is 29.5. The first-order chi connectivity index (χ1) is 23.0. The second-order valence-electron chi connectivity index (χ2n) is 11.3. The van der Waals surface area contributed by atoms with Gasteiger partial charge in [0, 0.05) is 42.5 Å². The molecule has 0 bridgehead atoms. The van der Waals surface area contributed by atoms with E-state index in [1.807, 2.05) is 78.9 Å². The third-order valence-corrected chi connectivity index (χ3v) is 8.05. The molecule has 0 saturated heterocycles. The van der Waals surface area contributed by atoms with E-state index in [-0.39, 0.29) is 11.8 Å². The SMILES string of the molecule is O=C(NCC1CC1)c1cnccc1NC(=O)c1cccc2ccccc12.O=c1oc(-c2cccc3ccccc23)nc2ccncc12. The number of nitrogens with one attached hydrogen (secondary N) is 2. The van der Waals surface area contributed by atoms with Crippen molar-refractivity contribution in [2.45, 2.75) is 12.8 Å². The minimum Gasteiger partial charge on any atom is -0.403 e. The van der Waals surface area contributed by atoms with Crippen molar-refractivity contribution in [3.8, 4) is 11.5 Å². The van der Waals surface area contributed by atoms with Gasteiger partial charge in [-0.1, -0.05) is 72.8 Å². The molecule has 7 aromatic rings. The zero-order chi connectivity index (χ0) is 32.2. The molecule has 0 atom stereocenters. The van der Waals surface area contributed by atoms with E-state index in [0.717, 1.165) is 39.9 Å². The molecule has 0 radical (unpaired) electrons. The lowest BCUT2D eigenvalue weighted by molar-refractivity contribution is 0.0952. The number of pyridine rings is 2. The molecular weight excluding hydrogens is 590 g/mol. The van der Waals surface area contributed by atoms with Gasteiger partial charge in [0.2, 0.25) is 5.89 Å². The number of hydrogen-bond acceptors (Lipinski definition) is 7. The normalized spacial score (nSPS) is 12.3. The van der Waals surface area contributed by atoms with Gasteiger partial charge >= 0.3 is 5.63 Å². The van der Waals surface area contributed by atoms with Crippen LogP contribution >= 0.6 is 0 Å². The molecule has 0 spiro atoms. The maximum absolute atomic E-state index is 12.8. The Kier molecular flexibility index (Phi) is 8.17. The fourth-order valence-electron chi connectivity index (χ4n) is 5.40. The van der Waals surface area contributed by atoms with Crippen molar-refractivity contribution in [2.75, 3.05) is 11.9 Å². The highest BCUT2D eigenvalue weighted by Gasteiger charge is 2.23. The lowest BCUT2D eigenvalue weighted by Gasteiger charge is -2.12. The van der Waals surface area contributed by atoms with E-state index in [1.54, 1.807) is 30.6 Å². The molecule has 2 amide bonds. The van der Waals surface area contributed by atoms with E-state index in [2.05, 4.69) is 25.6 Å². The highest BCUT2D eigenvalue weighted by Crippen LogP contribution is 2.29. The van der Waals surface area contributed by atoms with E-state index < -0.39 is 5.63 Å². The number of carbonyl (C=O) groups is 2. The predicted octanol–water partition coefficient (Wildman–Crippen LogP) is 7.03. The van der Waals surface area contributed by atoms with Crippen LogP contribution in [0.5, 0.6) is 0 Å². The molecule has 0 unspecified atom stereocenters. The van der Waals surface area contributed by atoms with Gasteiger partial charge in [-0.15, -0.1) is 0 Å². The summed E-state index contributed by atoms with van der Waals surface area (Å²) in [7, 11) is 0. The molecule has 1 saturated carbocycles. The van der Waals surface area contributed by atoms with Gasteiger partial charge in [0.1, 0.15) is 5.39 Å². The molecule has 1 fully saturated rings. The fraction of sp³-hybridized carbons (Fsp3) is 0.105. The highest BCUT2D eigenvalue weighted by molar-refractivity contribution is 6.14. The summed E-state index contributed by atoms with van der Waals surface area (Å²) >= 11 is 0. The molecular formula is C38H29N5O4. The lowest BCUT2D eigenvalue weighted by atomic mass is 10.0. The number of aromatic nitrogens is 3. The summed E-state index contributed by atoms with van der Waals surface area (Å²) < 4.78 is 5.38. The number of rotatable bonds is 6. The van der Waals surface area contributed by atoms with Gasteiger partial charge in [-0.05, 0) is 64.6 Å². The summed E-state index contributed by atoms with van der Waals surface area (Å²) in [5.74, 6) is 0.460. The van der Waals surface area contributed by atoms with E-state index >= 15 is 0 Å². The number of fused-ring (bicyclic) bond motifs is 3. The molecule has 3 aromatic heterocycles. The van der Waals surface area contributed by atoms with E-state index in [9.17, 15) is 14.4 Å². The summed E-state index contributed by atoms with van der Waals surface area (Å²) in [4.78, 5) is 49.7. The molecule has 1 aliphatic rings. The van der Waals surface area contributed by atoms with Gasteiger partial charge < -0.3 is 15.1 Å². The monoisotopic (exact) mass is 619 g/mol. The predicted molar refractivity (Wildman–Crippen MR) is 182 cm³/mol. The lowest BCUT2D eigenvalue weighted by Crippen LogP contribution is -2.27. The van der Waals surface area contributed by atoms with Crippen LogP contribution in [0, 0.1) is 5.92 Å². The van der Waals surface area contributed by atoms with Crippen LogP contribution in [0.15, 0.2) is 131 Å². The maximum Gasteiger partial charge on any atom is 0.348 e. The average Bonchev–Trinajstić information content (AvgIpc) is 3.95. The first-order valence-corrected chi connectivity index (χ1v) is 15.3. The van der Waals surface area contributed by atoms with Crippen molar-refractivity contribution in [3.05, 3.63) is 143 Å². The third-order valence-electron chi connectivity index (χ3n) is 8.05. The van der Waals surface area contributed by atoms with Crippen molar-refractivity contribution in [1.29, 1.82) is 0 Å². The fourth-order valence-corrected chi connectivity index (χ4v) is 5.40. The number of hydrogen-bond donors (Lipinski definition) is 2. The number of amides is 2. The Morgan fingerprint density at radius 2 is 1.38 bits per heavy atom. The summed E-state index contributed by atoms with van der Waals surface area (Å²) in [5, 5.41) is 10.1. The van der Waals surface area contributed by atoms with E-state index in [0.29, 0.717) is 46.1 Å². The quantitative estimate of drug-likeness (QED) is 0.205. The molecule has 4 aromatic carbocycles. The molecule has 9 heteroatoms. The van der Waals surface area contributed by atoms with Crippen LogP contribution in [0.2, 0.25) is 0 Å². The molecule has 230 valence electrons. The summed E-state index contributed by atoms with van der Waals surface area (Å²) in [6, 6.07) is 30.5. The van der Waals surface area contributed by atoms with Crippen LogP contribution in [-0.4, -0.2) is 33.3 Å². The Labute approximate surface area is 269 Å². The zero-order valence-corrected chi connectivity index (χ0v) is 25.2. The van der Waals surface area contributed by atoms with Crippen molar-refractivity contribution >= 4 is 49.9 Å². The van der Waals surface area contributed by atoms with Gasteiger partial charge in [0.05, 0.1) is 16.8 Å². The largest absolute Gasteiger partial charge is 0.403 e. The Hall–Kier alpha value is -6.22. The summed E-state index contributed by atoms with van der Waals surface area (Å²) in [5.41, 5.74) is 2.39. The van der Waals surface area contributed by atoms with Gasteiger partial charge in [-0.25, -0.2) is 9.78 Å². The van der Waals surface area contributed by atoms with Gasteiger partial charge in [0.25, 0.3) is 11.8 Å². The van der Waals surface area contributed by atoms with Crippen LogP contribution in [0.1, 0.15) is 33.6 Å². The molecule has 47 heavy (non-hydrogen) atoms. The number of benzene rings is 4. The number of anilines is 1. The summed E-state index contributed by atoms with van der Waals surface area (Å²) in [6.07, 6.45) is 8.47. The van der Waals surface area contributed by atoms with Crippen molar-refractivity contribution in [1.82, 2.24) is 20.3 Å². The highest BCUT2D eigenvalue weighted by atomic mass is 16.4. The van der Waals surface area contributed by atoms with E-state index in [4.69, 9.17) is 4.42 Å². The second kappa shape index (κ2) is 13.0. The van der Waals surface area contributed by atoms with Gasteiger partial charge in [-0.2, -0.15) is 0 Å². The number of carbonyl (C=O) groups excluding carboxylic acids is 2. The Balaban J connectivity index is 0.000000153. The topological polar surface area (TPSA) is 127 Å². The van der Waals surface area contributed by atoms with Crippen molar-refractivity contribution < 1.29 is 14.0 Å². The maximum atomic E-state index is 12.8. The standard InChI is InChI=1S/C21H19N3O2.C17H10N2O2/c25-20(23-12-14-8-9-14)18-13-22-11-10-19(18)24-21(26)17-7-3-5-15-4-1-2-6-16(15)17;20-17-14-10-18-9-8-15(14)19-16(21-17)13-7-3-5-11-4-1-2-6-12(11)13/h1-7,10-11,13-14H,8-9,12H2,(H,23,25)(H,22,24,26);1-10H. The van der Waals surface area contributed by atoms with Crippen LogP contribution in [0.25, 0.3) is 43.9 Å². The summed E-state index contributed by atoms with van der Waals surface area (Å²) in [6.45, 7) is 0.671. The minimum absolute atomic E-state index is 0.210. The van der Waals surface area contributed by atoms with Crippen molar-refractivity contribution in [2.24, 2.45) is 5.92 Å². The van der Waals surface area contributed by atoms with Crippen LogP contribution in [0.3, 0.4) is 0 Å². The van der Waals surface area contributed by atoms with Crippen molar-refractivity contribution in [3.63, 3.8) is 0 Å². The number of nitrogens with zero attached hydrogens (tertiary/aromatic N) is 3. The molecule has 0 aliphatic heterocycles. The Morgan fingerprint density at radius 1 is 0.702 bits per heavy atom. The van der Waals surface area contributed by atoms with Crippen LogP contribution in [0.4, 0.5) is 5.69 Å². The molecule has 9 nitrogen and oxygen atoms in total. The molecule has 8 rings (SSSR count). The second-order valence-corrected chi connectivity index (χ2v) is 11.3. The first-order valence-electron chi connectivity index (χ1n) is 15.3. The zero-order valence-electron chi connectivity index (χ0n) is 25.2. The van der Waals surface area contributed by atoms with Crippen LogP contribution in [-0.2, 0) is 0 Å². The van der Waals surface area contributed by atoms with E-state index in [1.165, 1.54) is 12.4 Å². The Morgan fingerprint density at radius 3 is 2.19 bits per heavy atom. The third kappa shape index (κ3) is 6.46. The minimum atomic E-state index is -0.420. The smallest absolute Gasteiger partial charge is 0.348 e. The molecule has 1 aliphatic carbocycles. The van der Waals surface area contributed by atoms with Crippen LogP contribution < -0.4 is 16.3 Å². The Bertz CT molecular complexity index is 2320. The average molecular weight is 620 g/mol.